The first-order valence-corrected chi connectivity index (χ1v) is 9.46. The van der Waals surface area contributed by atoms with Gasteiger partial charge >= 0.3 is 0 Å². The van der Waals surface area contributed by atoms with Gasteiger partial charge in [-0.25, -0.2) is 8.42 Å². The molecule has 0 aliphatic heterocycles. The Hall–Kier alpha value is -1.07. The third kappa shape index (κ3) is 3.98. The van der Waals surface area contributed by atoms with E-state index in [0.29, 0.717) is 11.5 Å². The van der Waals surface area contributed by atoms with Crippen LogP contribution in [0.15, 0.2) is 23.1 Å². The van der Waals surface area contributed by atoms with Gasteiger partial charge in [-0.2, -0.15) is 0 Å². The first-order valence-electron chi connectivity index (χ1n) is 7.15. The number of rotatable bonds is 4. The summed E-state index contributed by atoms with van der Waals surface area (Å²) in [6.07, 6.45) is 4.70. The maximum absolute atomic E-state index is 12.4. The van der Waals surface area contributed by atoms with E-state index in [2.05, 4.69) is 5.32 Å². The highest BCUT2D eigenvalue weighted by Gasteiger charge is 2.24. The molecule has 1 aromatic carbocycles. The molecule has 1 aliphatic rings. The van der Waals surface area contributed by atoms with Crippen molar-refractivity contribution in [3.05, 3.63) is 29.3 Å². The van der Waals surface area contributed by atoms with Crippen molar-refractivity contribution in [2.45, 2.75) is 50.5 Å². The SMILES string of the molecule is Cc1ccc(S(=O)(=O)Cl)cc1C(=O)NC(C)C1CCCC1. The molecule has 0 spiro atoms. The van der Waals surface area contributed by atoms with Crippen LogP contribution in [0.4, 0.5) is 0 Å². The molecule has 0 radical (unpaired) electrons. The van der Waals surface area contributed by atoms with Crippen molar-refractivity contribution in [3.63, 3.8) is 0 Å². The number of amides is 1. The van der Waals surface area contributed by atoms with E-state index in [4.69, 9.17) is 10.7 Å². The van der Waals surface area contributed by atoms with Gasteiger partial charge in [0.2, 0.25) is 0 Å². The second-order valence-electron chi connectivity index (χ2n) is 5.72. The van der Waals surface area contributed by atoms with Gasteiger partial charge < -0.3 is 5.32 Å². The first-order chi connectivity index (χ1) is 9.79. The number of carbonyl (C=O) groups is 1. The van der Waals surface area contributed by atoms with Crippen LogP contribution in [0.1, 0.15) is 48.5 Å². The summed E-state index contributed by atoms with van der Waals surface area (Å²) in [6.45, 7) is 3.78. The van der Waals surface area contributed by atoms with Crippen LogP contribution in [0.3, 0.4) is 0 Å². The summed E-state index contributed by atoms with van der Waals surface area (Å²) in [5.41, 5.74) is 1.09. The molecule has 21 heavy (non-hydrogen) atoms. The van der Waals surface area contributed by atoms with Gasteiger partial charge in [-0.05, 0) is 50.3 Å². The van der Waals surface area contributed by atoms with Gasteiger partial charge in [0.15, 0.2) is 0 Å². The second kappa shape index (κ2) is 6.36. The van der Waals surface area contributed by atoms with Gasteiger partial charge in [-0.1, -0.05) is 18.9 Å². The normalized spacial score (nSPS) is 17.7. The molecule has 1 aromatic rings. The second-order valence-corrected chi connectivity index (χ2v) is 8.29. The average Bonchev–Trinajstić information content (AvgIpc) is 2.91. The third-order valence-electron chi connectivity index (χ3n) is 4.20. The van der Waals surface area contributed by atoms with Crippen molar-refractivity contribution < 1.29 is 13.2 Å². The number of benzene rings is 1. The quantitative estimate of drug-likeness (QED) is 0.862. The van der Waals surface area contributed by atoms with Crippen molar-refractivity contribution in [1.82, 2.24) is 5.32 Å². The van der Waals surface area contributed by atoms with Gasteiger partial charge in [-0.15, -0.1) is 0 Å². The van der Waals surface area contributed by atoms with E-state index < -0.39 is 9.05 Å². The highest BCUT2D eigenvalue weighted by Crippen LogP contribution is 2.28. The van der Waals surface area contributed by atoms with Gasteiger partial charge in [-0.3, -0.25) is 4.79 Å². The summed E-state index contributed by atoms with van der Waals surface area (Å²) in [5, 5.41) is 2.98. The minimum Gasteiger partial charge on any atom is -0.349 e. The molecule has 1 N–H and O–H groups in total. The van der Waals surface area contributed by atoms with Gasteiger partial charge in [0.05, 0.1) is 4.90 Å². The highest BCUT2D eigenvalue weighted by atomic mass is 35.7. The zero-order chi connectivity index (χ0) is 15.6. The molecule has 1 unspecified atom stereocenters. The maximum atomic E-state index is 12.4. The Labute approximate surface area is 130 Å². The fourth-order valence-corrected chi connectivity index (χ4v) is 3.63. The molecule has 1 atom stereocenters. The van der Waals surface area contributed by atoms with Gasteiger partial charge in [0.1, 0.15) is 0 Å². The van der Waals surface area contributed by atoms with Crippen LogP contribution in [0, 0.1) is 12.8 Å². The van der Waals surface area contributed by atoms with E-state index in [-0.39, 0.29) is 16.8 Å². The molecule has 6 heteroatoms. The minimum atomic E-state index is -3.83. The molecule has 0 saturated heterocycles. The van der Waals surface area contributed by atoms with E-state index >= 15 is 0 Å². The van der Waals surface area contributed by atoms with Crippen LogP contribution in [-0.4, -0.2) is 20.4 Å². The van der Waals surface area contributed by atoms with E-state index in [1.807, 2.05) is 6.92 Å². The molecule has 0 bridgehead atoms. The van der Waals surface area contributed by atoms with Crippen molar-refractivity contribution >= 4 is 25.6 Å². The Morgan fingerprint density at radius 3 is 2.52 bits per heavy atom. The largest absolute Gasteiger partial charge is 0.349 e. The fourth-order valence-electron chi connectivity index (χ4n) is 2.86. The molecule has 1 amide bonds. The number of hydrogen-bond acceptors (Lipinski definition) is 3. The van der Waals surface area contributed by atoms with Crippen molar-refractivity contribution in [1.29, 1.82) is 0 Å². The molecule has 1 fully saturated rings. The molecular weight excluding hydrogens is 310 g/mol. The summed E-state index contributed by atoms with van der Waals surface area (Å²) >= 11 is 0. The molecule has 0 aromatic heterocycles. The number of hydrogen-bond donors (Lipinski definition) is 1. The van der Waals surface area contributed by atoms with Crippen molar-refractivity contribution in [2.75, 3.05) is 0 Å². The smallest absolute Gasteiger partial charge is 0.261 e. The Balaban J connectivity index is 2.18. The molecule has 1 saturated carbocycles. The van der Waals surface area contributed by atoms with Crippen LogP contribution >= 0.6 is 10.7 Å². The number of nitrogens with one attached hydrogen (secondary N) is 1. The number of halogens is 1. The molecule has 2 rings (SSSR count). The van der Waals surface area contributed by atoms with E-state index in [9.17, 15) is 13.2 Å². The fraction of sp³-hybridized carbons (Fsp3) is 0.533. The lowest BCUT2D eigenvalue weighted by atomic mass is 9.99. The number of aryl methyl sites for hydroxylation is 1. The zero-order valence-corrected chi connectivity index (χ0v) is 13.8. The number of carbonyl (C=O) groups excluding carboxylic acids is 1. The monoisotopic (exact) mass is 329 g/mol. The average molecular weight is 330 g/mol. The summed E-state index contributed by atoms with van der Waals surface area (Å²) in [7, 11) is 1.51. The Morgan fingerprint density at radius 1 is 1.33 bits per heavy atom. The lowest BCUT2D eigenvalue weighted by Crippen LogP contribution is -2.37. The molecule has 1 aliphatic carbocycles. The summed E-state index contributed by atoms with van der Waals surface area (Å²) in [4.78, 5) is 12.3. The minimum absolute atomic E-state index is 0.0477. The summed E-state index contributed by atoms with van der Waals surface area (Å²) < 4.78 is 22.8. The summed E-state index contributed by atoms with van der Waals surface area (Å²) in [6, 6.07) is 4.45. The maximum Gasteiger partial charge on any atom is 0.261 e. The zero-order valence-electron chi connectivity index (χ0n) is 12.2. The van der Waals surface area contributed by atoms with Crippen molar-refractivity contribution in [2.24, 2.45) is 5.92 Å². The Bertz CT molecular complexity index is 636. The standard InChI is InChI=1S/C15H20ClNO3S/c1-10-7-8-13(21(16,19)20)9-14(10)15(18)17-11(2)12-5-3-4-6-12/h7-9,11-12H,3-6H2,1-2H3,(H,17,18). The van der Waals surface area contributed by atoms with Crippen LogP contribution in [0.25, 0.3) is 0 Å². The molecular formula is C15H20ClNO3S. The predicted octanol–water partition coefficient (Wildman–Crippen LogP) is 3.23. The van der Waals surface area contributed by atoms with Crippen molar-refractivity contribution in [3.8, 4) is 0 Å². The topological polar surface area (TPSA) is 63.2 Å². The van der Waals surface area contributed by atoms with E-state index in [0.717, 1.165) is 18.4 Å². The van der Waals surface area contributed by atoms with Gasteiger partial charge in [0, 0.05) is 22.3 Å². The van der Waals surface area contributed by atoms with Crippen LogP contribution in [0.2, 0.25) is 0 Å². The van der Waals surface area contributed by atoms with E-state index in [1.54, 1.807) is 13.0 Å². The Kier molecular flexibility index (Phi) is 4.94. The highest BCUT2D eigenvalue weighted by molar-refractivity contribution is 8.13. The predicted molar refractivity (Wildman–Crippen MR) is 83.1 cm³/mol. The van der Waals surface area contributed by atoms with Gasteiger partial charge in [0.25, 0.3) is 15.0 Å². The summed E-state index contributed by atoms with van der Waals surface area (Å²) in [5.74, 6) is 0.267. The first kappa shape index (κ1) is 16.3. The molecule has 0 heterocycles. The van der Waals surface area contributed by atoms with E-state index in [1.165, 1.54) is 25.0 Å². The molecule has 116 valence electrons. The Morgan fingerprint density at radius 2 is 1.95 bits per heavy atom. The van der Waals surface area contributed by atoms with Crippen LogP contribution in [0.5, 0.6) is 0 Å². The van der Waals surface area contributed by atoms with Crippen LogP contribution in [-0.2, 0) is 9.05 Å². The lowest BCUT2D eigenvalue weighted by molar-refractivity contribution is 0.0926. The molecule has 4 nitrogen and oxygen atoms in total. The third-order valence-corrected chi connectivity index (χ3v) is 5.55. The lowest BCUT2D eigenvalue weighted by Gasteiger charge is -2.21. The van der Waals surface area contributed by atoms with Crippen LogP contribution < -0.4 is 5.32 Å².